The molecule has 8 nitrogen and oxygen atoms in total. The predicted molar refractivity (Wildman–Crippen MR) is 98.9 cm³/mol. The van der Waals surface area contributed by atoms with Crippen LogP contribution in [-0.4, -0.2) is 43.8 Å². The quantitative estimate of drug-likeness (QED) is 0.757. The molecule has 0 amide bonds. The molecule has 3 atom stereocenters. The van der Waals surface area contributed by atoms with Crippen LogP contribution in [0.1, 0.15) is 22.6 Å². The summed E-state index contributed by atoms with van der Waals surface area (Å²) in [6.45, 7) is 0.325. The van der Waals surface area contributed by atoms with Gasteiger partial charge in [0.25, 0.3) is 0 Å². The van der Waals surface area contributed by atoms with Crippen molar-refractivity contribution < 1.29 is 38.7 Å². The molecule has 0 radical (unpaired) electrons. The second-order valence-corrected chi connectivity index (χ2v) is 7.40. The van der Waals surface area contributed by atoms with E-state index in [0.717, 1.165) is 5.56 Å². The normalized spacial score (nSPS) is 23.9. The van der Waals surface area contributed by atoms with E-state index in [1.165, 1.54) is 14.2 Å². The number of benzene rings is 2. The van der Waals surface area contributed by atoms with Crippen LogP contribution < -0.4 is 18.9 Å². The number of hydrogen-bond donors (Lipinski definition) is 2. The first kappa shape index (κ1) is 17.8. The van der Waals surface area contributed by atoms with E-state index in [9.17, 15) is 15.0 Å². The third-order valence-corrected chi connectivity index (χ3v) is 6.02. The molecule has 0 unspecified atom stereocenters. The van der Waals surface area contributed by atoms with Crippen molar-refractivity contribution in [2.45, 2.75) is 12.3 Å². The lowest BCUT2D eigenvalue weighted by Gasteiger charge is -2.34. The van der Waals surface area contributed by atoms with E-state index in [-0.39, 0.29) is 41.7 Å². The summed E-state index contributed by atoms with van der Waals surface area (Å²) >= 11 is 0. The molecule has 1 aliphatic carbocycles. The topological polar surface area (TPSA) is 104 Å². The number of phenols is 2. The van der Waals surface area contributed by atoms with E-state index in [4.69, 9.17) is 23.7 Å². The van der Waals surface area contributed by atoms with Crippen LogP contribution in [0.25, 0.3) is 0 Å². The lowest BCUT2D eigenvalue weighted by atomic mass is 9.67. The van der Waals surface area contributed by atoms with E-state index in [1.54, 1.807) is 12.1 Å². The van der Waals surface area contributed by atoms with Gasteiger partial charge in [-0.2, -0.15) is 0 Å². The van der Waals surface area contributed by atoms with Crippen molar-refractivity contribution in [3.63, 3.8) is 0 Å². The molecule has 152 valence electrons. The fraction of sp³-hybridized carbons (Fsp3) is 0.381. The number of carbonyl (C=O) groups is 1. The Hall–Kier alpha value is -3.29. The van der Waals surface area contributed by atoms with Crippen molar-refractivity contribution in [3.05, 3.63) is 34.9 Å². The highest BCUT2D eigenvalue weighted by molar-refractivity contribution is 5.79. The van der Waals surface area contributed by atoms with Gasteiger partial charge in [-0.3, -0.25) is 4.79 Å². The molecule has 29 heavy (non-hydrogen) atoms. The molecule has 0 bridgehead atoms. The number of methoxy groups -OCH3 is 2. The van der Waals surface area contributed by atoms with E-state index in [1.807, 2.05) is 6.07 Å². The highest BCUT2D eigenvalue weighted by Crippen LogP contribution is 2.55. The molecule has 0 saturated carbocycles. The van der Waals surface area contributed by atoms with Crippen LogP contribution in [0.4, 0.5) is 0 Å². The number of rotatable bonds is 3. The Morgan fingerprint density at radius 3 is 2.41 bits per heavy atom. The average molecular weight is 400 g/mol. The van der Waals surface area contributed by atoms with Crippen molar-refractivity contribution in [2.24, 2.45) is 11.8 Å². The van der Waals surface area contributed by atoms with E-state index < -0.39 is 11.8 Å². The zero-order valence-electron chi connectivity index (χ0n) is 15.9. The molecule has 2 aliphatic heterocycles. The fourth-order valence-electron chi connectivity index (χ4n) is 4.69. The second kappa shape index (κ2) is 6.37. The van der Waals surface area contributed by atoms with Gasteiger partial charge in [0.15, 0.2) is 23.0 Å². The summed E-state index contributed by atoms with van der Waals surface area (Å²) in [7, 11) is 2.90. The number of phenolic OH excluding ortho intramolecular Hbond substituents is 2. The number of carbonyl (C=O) groups excluding carboxylic acids is 1. The summed E-state index contributed by atoms with van der Waals surface area (Å²) in [5.41, 5.74) is 2.19. The number of fused-ring (bicyclic) bond motifs is 3. The third kappa shape index (κ3) is 2.48. The zero-order chi connectivity index (χ0) is 20.3. The van der Waals surface area contributed by atoms with Crippen molar-refractivity contribution in [1.82, 2.24) is 0 Å². The largest absolute Gasteiger partial charge is 0.504 e. The molecule has 2 N–H and O–H groups in total. The number of aromatic hydroxyl groups is 2. The summed E-state index contributed by atoms with van der Waals surface area (Å²) in [5, 5.41) is 21.1. The molecule has 2 aromatic rings. The van der Waals surface area contributed by atoms with Gasteiger partial charge in [0.05, 0.1) is 26.7 Å². The van der Waals surface area contributed by atoms with Crippen LogP contribution in [0.3, 0.4) is 0 Å². The SMILES string of the molecule is COc1cc([C@@H]2c3cc4c(c(O)c3C[C@@H]3COC(=O)[C@@H]32)OCO4)cc(OC)c1O. The van der Waals surface area contributed by atoms with E-state index in [2.05, 4.69) is 0 Å². The maximum absolute atomic E-state index is 12.6. The van der Waals surface area contributed by atoms with Crippen LogP contribution >= 0.6 is 0 Å². The van der Waals surface area contributed by atoms with Crippen LogP contribution in [0.2, 0.25) is 0 Å². The highest BCUT2D eigenvalue weighted by Gasteiger charge is 2.49. The minimum absolute atomic E-state index is 0.0339. The summed E-state index contributed by atoms with van der Waals surface area (Å²) in [6.07, 6.45) is 0.497. The minimum Gasteiger partial charge on any atom is -0.504 e. The molecular weight excluding hydrogens is 380 g/mol. The molecule has 0 spiro atoms. The monoisotopic (exact) mass is 400 g/mol. The van der Waals surface area contributed by atoms with Crippen LogP contribution in [0.15, 0.2) is 18.2 Å². The first-order valence-corrected chi connectivity index (χ1v) is 9.29. The van der Waals surface area contributed by atoms with Crippen molar-refractivity contribution in [1.29, 1.82) is 0 Å². The Labute approximate surface area is 166 Å². The number of esters is 1. The Morgan fingerprint density at radius 1 is 1.00 bits per heavy atom. The van der Waals surface area contributed by atoms with Gasteiger partial charge in [-0.05, 0) is 35.7 Å². The minimum atomic E-state index is -0.429. The van der Waals surface area contributed by atoms with Gasteiger partial charge in [-0.15, -0.1) is 0 Å². The molecular formula is C21H20O8. The fourth-order valence-corrected chi connectivity index (χ4v) is 4.69. The molecule has 1 saturated heterocycles. The molecule has 3 aliphatic rings. The summed E-state index contributed by atoms with van der Waals surface area (Å²) in [4.78, 5) is 12.6. The van der Waals surface area contributed by atoms with Gasteiger partial charge in [-0.1, -0.05) is 0 Å². The Bertz CT molecular complexity index is 989. The van der Waals surface area contributed by atoms with E-state index >= 15 is 0 Å². The lowest BCUT2D eigenvalue weighted by Crippen LogP contribution is -2.31. The van der Waals surface area contributed by atoms with Crippen molar-refractivity contribution >= 4 is 5.97 Å². The highest BCUT2D eigenvalue weighted by atomic mass is 16.7. The van der Waals surface area contributed by atoms with Gasteiger partial charge in [-0.25, -0.2) is 0 Å². The number of ether oxygens (including phenoxy) is 5. The molecule has 0 aromatic heterocycles. The van der Waals surface area contributed by atoms with Gasteiger partial charge >= 0.3 is 5.97 Å². The Morgan fingerprint density at radius 2 is 1.72 bits per heavy atom. The molecule has 5 rings (SSSR count). The Balaban J connectivity index is 1.75. The molecule has 2 aromatic carbocycles. The third-order valence-electron chi connectivity index (χ3n) is 6.02. The summed E-state index contributed by atoms with van der Waals surface area (Å²) in [6, 6.07) is 5.18. The van der Waals surface area contributed by atoms with Crippen LogP contribution in [0.5, 0.6) is 34.5 Å². The zero-order valence-corrected chi connectivity index (χ0v) is 15.9. The number of cyclic esters (lactones) is 1. The second-order valence-electron chi connectivity index (χ2n) is 7.40. The molecule has 2 heterocycles. The van der Waals surface area contributed by atoms with Gasteiger partial charge < -0.3 is 33.9 Å². The summed E-state index contributed by atoms with van der Waals surface area (Å²) < 4.78 is 26.9. The predicted octanol–water partition coefficient (Wildman–Crippen LogP) is 2.32. The van der Waals surface area contributed by atoms with Crippen LogP contribution in [-0.2, 0) is 16.0 Å². The van der Waals surface area contributed by atoms with Crippen molar-refractivity contribution in [2.75, 3.05) is 27.6 Å². The molecule has 8 heteroatoms. The van der Waals surface area contributed by atoms with E-state index in [0.29, 0.717) is 35.7 Å². The maximum Gasteiger partial charge on any atom is 0.310 e. The lowest BCUT2D eigenvalue weighted by molar-refractivity contribution is -0.141. The van der Waals surface area contributed by atoms with Gasteiger partial charge in [0.2, 0.25) is 18.3 Å². The summed E-state index contributed by atoms with van der Waals surface area (Å²) in [5.74, 6) is -0.0708. The smallest absolute Gasteiger partial charge is 0.310 e. The first-order chi connectivity index (χ1) is 14.0. The van der Waals surface area contributed by atoms with Crippen molar-refractivity contribution in [3.8, 4) is 34.5 Å². The standard InChI is InChI=1S/C21H20O8/c1-25-13-4-9(5-14(26-2)19(13)23)16-11-6-15-20(29-8-28-15)18(22)12(11)3-10-7-27-21(24)17(10)16/h4-6,10,16-17,22-23H,3,7-8H2,1-2H3/t10-,16-,17+/m1/s1. The van der Waals surface area contributed by atoms with Gasteiger partial charge in [0.1, 0.15) is 0 Å². The van der Waals surface area contributed by atoms with Crippen LogP contribution in [0, 0.1) is 11.8 Å². The Kier molecular flexibility index (Phi) is 3.90. The maximum atomic E-state index is 12.6. The molecule has 1 fully saturated rings. The first-order valence-electron chi connectivity index (χ1n) is 9.29. The van der Waals surface area contributed by atoms with Gasteiger partial charge in [0, 0.05) is 17.4 Å². The number of hydrogen-bond acceptors (Lipinski definition) is 8. The average Bonchev–Trinajstić information content (AvgIpc) is 3.34.